The second kappa shape index (κ2) is 8.99. The van der Waals surface area contributed by atoms with E-state index in [1.807, 2.05) is 21.0 Å². The van der Waals surface area contributed by atoms with Crippen molar-refractivity contribution in [2.75, 3.05) is 32.1 Å². The van der Waals surface area contributed by atoms with E-state index in [2.05, 4.69) is 50.7 Å². The third-order valence-corrected chi connectivity index (χ3v) is 5.21. The zero-order valence-corrected chi connectivity index (χ0v) is 16.4. The highest BCUT2D eigenvalue weighted by Gasteiger charge is 2.26. The van der Waals surface area contributed by atoms with Gasteiger partial charge in [-0.05, 0) is 55.9 Å². The molecule has 1 aliphatic rings. The zero-order valence-electron chi connectivity index (χ0n) is 16.4. The van der Waals surface area contributed by atoms with Crippen molar-refractivity contribution in [3.8, 4) is 0 Å². The lowest BCUT2D eigenvalue weighted by Gasteiger charge is -2.35. The first-order valence-corrected chi connectivity index (χ1v) is 9.58. The fourth-order valence-corrected chi connectivity index (χ4v) is 3.47. The summed E-state index contributed by atoms with van der Waals surface area (Å²) in [6.07, 6.45) is 3.38. The maximum Gasteiger partial charge on any atom is 0.265 e. The molecule has 1 amide bonds. The quantitative estimate of drug-likeness (QED) is 0.803. The van der Waals surface area contributed by atoms with Gasteiger partial charge in [-0.15, -0.1) is 0 Å². The highest BCUT2D eigenvalue weighted by Crippen LogP contribution is 2.23. The van der Waals surface area contributed by atoms with Gasteiger partial charge in [-0.2, -0.15) is 4.98 Å². The molecule has 0 radical (unpaired) electrons. The second-order valence-corrected chi connectivity index (χ2v) is 7.45. The van der Waals surface area contributed by atoms with E-state index in [1.54, 1.807) is 4.90 Å². The Morgan fingerprint density at radius 2 is 2.00 bits per heavy atom. The van der Waals surface area contributed by atoms with E-state index in [9.17, 15) is 4.79 Å². The van der Waals surface area contributed by atoms with Gasteiger partial charge in [0.15, 0.2) is 0 Å². The smallest absolute Gasteiger partial charge is 0.265 e. The van der Waals surface area contributed by atoms with E-state index in [0.717, 1.165) is 32.4 Å². The molecule has 1 atom stereocenters. The van der Waals surface area contributed by atoms with Gasteiger partial charge in [0.25, 0.3) is 5.95 Å². The average Bonchev–Trinajstić information content (AvgIpc) is 3.16. The minimum absolute atomic E-state index is 0.00103. The number of aromatic nitrogens is 2. The second-order valence-electron chi connectivity index (χ2n) is 7.45. The maximum atomic E-state index is 12.5. The molecule has 1 aromatic heterocycles. The van der Waals surface area contributed by atoms with Crippen LogP contribution in [0.2, 0.25) is 0 Å². The number of nitrogens with zero attached hydrogens (tertiary/aromatic N) is 4. The number of hydrogen-bond acceptors (Lipinski definition) is 6. The molecular weight excluding hydrogens is 342 g/mol. The summed E-state index contributed by atoms with van der Waals surface area (Å²) in [6, 6.07) is 10.5. The van der Waals surface area contributed by atoms with Crippen LogP contribution in [-0.4, -0.2) is 54.2 Å². The largest absolute Gasteiger partial charge is 0.346 e. The van der Waals surface area contributed by atoms with E-state index in [0.29, 0.717) is 17.8 Å². The molecule has 3 rings (SSSR count). The molecule has 146 valence electrons. The van der Waals surface area contributed by atoms with Gasteiger partial charge >= 0.3 is 0 Å². The minimum atomic E-state index is -0.154. The monoisotopic (exact) mass is 371 g/mol. The van der Waals surface area contributed by atoms with Crippen molar-refractivity contribution in [3.63, 3.8) is 0 Å². The number of anilines is 1. The van der Waals surface area contributed by atoms with Crippen LogP contribution in [0.1, 0.15) is 31.2 Å². The molecule has 1 fully saturated rings. The Morgan fingerprint density at radius 1 is 1.30 bits per heavy atom. The van der Waals surface area contributed by atoms with Crippen molar-refractivity contribution in [1.82, 2.24) is 20.4 Å². The van der Waals surface area contributed by atoms with Gasteiger partial charge < -0.3 is 14.7 Å². The number of piperidine rings is 1. The van der Waals surface area contributed by atoms with E-state index < -0.39 is 0 Å². The van der Waals surface area contributed by atoms with Crippen LogP contribution in [0.15, 0.2) is 34.9 Å². The molecule has 7 heteroatoms. The molecule has 2 heterocycles. The molecule has 1 aromatic carbocycles. The van der Waals surface area contributed by atoms with Gasteiger partial charge in [0.1, 0.15) is 0 Å². The lowest BCUT2D eigenvalue weighted by molar-refractivity contribution is -0.126. The van der Waals surface area contributed by atoms with Crippen LogP contribution in [0.25, 0.3) is 0 Å². The van der Waals surface area contributed by atoms with Gasteiger partial charge in [0.2, 0.25) is 11.8 Å². The Kier molecular flexibility index (Phi) is 6.45. The number of rotatable bonds is 7. The Morgan fingerprint density at radius 3 is 2.63 bits per heavy atom. The van der Waals surface area contributed by atoms with Gasteiger partial charge in [-0.3, -0.25) is 9.69 Å². The van der Waals surface area contributed by atoms with Crippen LogP contribution in [0.4, 0.5) is 5.95 Å². The summed E-state index contributed by atoms with van der Waals surface area (Å²) in [4.78, 5) is 20.7. The summed E-state index contributed by atoms with van der Waals surface area (Å²) >= 11 is 0. The number of benzene rings is 1. The molecule has 2 aromatic rings. The summed E-state index contributed by atoms with van der Waals surface area (Å²) in [7, 11) is 3.69. The number of amides is 1. The van der Waals surface area contributed by atoms with Crippen LogP contribution in [0, 0.1) is 5.92 Å². The minimum Gasteiger partial charge on any atom is -0.346 e. The highest BCUT2D eigenvalue weighted by atomic mass is 16.5. The molecule has 1 unspecified atom stereocenters. The Hall–Kier alpha value is -2.41. The molecule has 0 aliphatic carbocycles. The number of hydrogen-bond donors (Lipinski definition) is 1. The SMILES string of the molecule is CC(C(=O)NCc1nc(N(C)C)no1)N1CCC(Cc2ccccc2)CC1. The fourth-order valence-electron chi connectivity index (χ4n) is 3.47. The molecule has 0 saturated carbocycles. The first-order valence-electron chi connectivity index (χ1n) is 9.58. The molecule has 1 saturated heterocycles. The highest BCUT2D eigenvalue weighted by molar-refractivity contribution is 5.81. The van der Waals surface area contributed by atoms with E-state index in [1.165, 1.54) is 5.56 Å². The first-order chi connectivity index (χ1) is 13.0. The summed E-state index contributed by atoms with van der Waals surface area (Å²) in [6.45, 7) is 4.13. The van der Waals surface area contributed by atoms with Crippen LogP contribution in [-0.2, 0) is 17.8 Å². The van der Waals surface area contributed by atoms with Gasteiger partial charge in [-0.1, -0.05) is 30.3 Å². The van der Waals surface area contributed by atoms with Crippen LogP contribution in [0.3, 0.4) is 0 Å². The van der Waals surface area contributed by atoms with Crippen molar-refractivity contribution < 1.29 is 9.32 Å². The molecule has 1 aliphatic heterocycles. The Labute approximate surface area is 160 Å². The lowest BCUT2D eigenvalue weighted by atomic mass is 9.89. The van der Waals surface area contributed by atoms with Crippen molar-refractivity contribution in [3.05, 3.63) is 41.8 Å². The lowest BCUT2D eigenvalue weighted by Crippen LogP contribution is -2.48. The number of nitrogens with one attached hydrogen (secondary N) is 1. The average molecular weight is 371 g/mol. The summed E-state index contributed by atoms with van der Waals surface area (Å²) in [5.74, 6) is 1.62. The normalized spacial score (nSPS) is 16.9. The number of carbonyl (C=O) groups is 1. The molecular formula is C20H29N5O2. The van der Waals surface area contributed by atoms with Crippen molar-refractivity contribution in [2.45, 2.75) is 38.8 Å². The van der Waals surface area contributed by atoms with Gasteiger partial charge in [0.05, 0.1) is 12.6 Å². The van der Waals surface area contributed by atoms with Crippen LogP contribution < -0.4 is 10.2 Å². The summed E-state index contributed by atoms with van der Waals surface area (Å²) in [5.41, 5.74) is 1.40. The Bertz CT molecular complexity index is 723. The third-order valence-electron chi connectivity index (χ3n) is 5.21. The first kappa shape index (κ1) is 19.4. The summed E-state index contributed by atoms with van der Waals surface area (Å²) < 4.78 is 5.14. The van der Waals surface area contributed by atoms with Crippen molar-refractivity contribution >= 4 is 11.9 Å². The third kappa shape index (κ3) is 5.29. The number of likely N-dealkylation sites (tertiary alicyclic amines) is 1. The van der Waals surface area contributed by atoms with E-state index in [-0.39, 0.29) is 18.5 Å². The van der Waals surface area contributed by atoms with Crippen LogP contribution in [0.5, 0.6) is 0 Å². The molecule has 0 spiro atoms. The maximum absolute atomic E-state index is 12.5. The van der Waals surface area contributed by atoms with E-state index >= 15 is 0 Å². The predicted octanol–water partition coefficient (Wildman–Crippen LogP) is 2.09. The fraction of sp³-hybridized carbons (Fsp3) is 0.550. The van der Waals surface area contributed by atoms with Gasteiger partial charge in [-0.25, -0.2) is 0 Å². The van der Waals surface area contributed by atoms with E-state index in [4.69, 9.17) is 4.52 Å². The van der Waals surface area contributed by atoms with Crippen molar-refractivity contribution in [2.24, 2.45) is 5.92 Å². The number of carbonyl (C=O) groups excluding carboxylic acids is 1. The molecule has 27 heavy (non-hydrogen) atoms. The predicted molar refractivity (Wildman–Crippen MR) is 104 cm³/mol. The Balaban J connectivity index is 1.42. The zero-order chi connectivity index (χ0) is 19.2. The van der Waals surface area contributed by atoms with Crippen LogP contribution >= 0.6 is 0 Å². The standard InChI is InChI=1S/C20H29N5O2/c1-15(19(26)21-14-18-22-20(23-27-18)24(2)3)25-11-9-17(10-12-25)13-16-7-5-4-6-8-16/h4-8,15,17H,9-14H2,1-3H3,(H,21,26). The van der Waals surface area contributed by atoms with Gasteiger partial charge in [0, 0.05) is 14.1 Å². The topological polar surface area (TPSA) is 74.5 Å². The van der Waals surface area contributed by atoms with Crippen molar-refractivity contribution in [1.29, 1.82) is 0 Å². The molecule has 1 N–H and O–H groups in total. The molecule has 0 bridgehead atoms. The molecule has 7 nitrogen and oxygen atoms in total. The summed E-state index contributed by atoms with van der Waals surface area (Å²) in [5, 5.41) is 6.75.